The van der Waals surface area contributed by atoms with Crippen LogP contribution in [0.25, 0.3) is 0 Å². The number of rotatable bonds is 1. The SMILES string of the molecule is COC1C[C@H]2[C@@H]3C(=O)C=C4CCCC(=O)[C@]4(C)[C@@H]3CC[C@]2(C)C1. The van der Waals surface area contributed by atoms with Crippen LogP contribution in [-0.2, 0) is 14.3 Å². The molecule has 23 heavy (non-hydrogen) atoms. The van der Waals surface area contributed by atoms with E-state index in [1.807, 2.05) is 6.08 Å². The quantitative estimate of drug-likeness (QED) is 0.740. The fourth-order valence-electron chi connectivity index (χ4n) is 6.43. The Balaban J connectivity index is 1.77. The van der Waals surface area contributed by atoms with E-state index in [4.69, 9.17) is 4.74 Å². The van der Waals surface area contributed by atoms with Gasteiger partial charge in [0.2, 0.25) is 0 Å². The molecule has 1 unspecified atom stereocenters. The van der Waals surface area contributed by atoms with Crippen molar-refractivity contribution in [3.05, 3.63) is 11.6 Å². The Kier molecular flexibility index (Phi) is 3.39. The van der Waals surface area contributed by atoms with Crippen molar-refractivity contribution >= 4 is 11.6 Å². The molecule has 0 aliphatic heterocycles. The van der Waals surface area contributed by atoms with Crippen molar-refractivity contribution in [2.45, 2.75) is 64.9 Å². The lowest BCUT2D eigenvalue weighted by molar-refractivity contribution is -0.142. The second kappa shape index (κ2) is 5.02. The third-order valence-electron chi connectivity index (χ3n) is 7.82. The molecule has 4 aliphatic carbocycles. The van der Waals surface area contributed by atoms with Crippen molar-refractivity contribution in [2.75, 3.05) is 7.11 Å². The summed E-state index contributed by atoms with van der Waals surface area (Å²) in [6.07, 6.45) is 8.85. The number of fused-ring (bicyclic) bond motifs is 5. The van der Waals surface area contributed by atoms with Gasteiger partial charge in [0.25, 0.3) is 0 Å². The summed E-state index contributed by atoms with van der Waals surface area (Å²) in [5, 5.41) is 0. The summed E-state index contributed by atoms with van der Waals surface area (Å²) in [7, 11) is 1.79. The molecule has 3 fully saturated rings. The summed E-state index contributed by atoms with van der Waals surface area (Å²) in [6, 6.07) is 0. The van der Waals surface area contributed by atoms with Gasteiger partial charge in [-0.05, 0) is 68.8 Å². The lowest BCUT2D eigenvalue weighted by Crippen LogP contribution is -2.54. The molecule has 3 heteroatoms. The minimum absolute atomic E-state index is 0.0321. The average molecular weight is 316 g/mol. The normalized spacial score (nSPS) is 49.3. The highest BCUT2D eigenvalue weighted by Gasteiger charge is 2.61. The zero-order chi connectivity index (χ0) is 16.4. The second-order valence-electron chi connectivity index (χ2n) is 8.78. The predicted octanol–water partition coefficient (Wildman–Crippen LogP) is 3.71. The van der Waals surface area contributed by atoms with Crippen LogP contribution >= 0.6 is 0 Å². The summed E-state index contributed by atoms with van der Waals surface area (Å²) in [4.78, 5) is 25.8. The molecule has 0 amide bonds. The van der Waals surface area contributed by atoms with Crippen LogP contribution in [-0.4, -0.2) is 24.8 Å². The number of carbonyl (C=O) groups is 2. The summed E-state index contributed by atoms with van der Waals surface area (Å²) in [6.45, 7) is 4.47. The number of allylic oxidation sites excluding steroid dienone is 2. The van der Waals surface area contributed by atoms with Gasteiger partial charge in [-0.1, -0.05) is 12.5 Å². The van der Waals surface area contributed by atoms with Gasteiger partial charge in [0.15, 0.2) is 5.78 Å². The van der Waals surface area contributed by atoms with Gasteiger partial charge in [-0.3, -0.25) is 9.59 Å². The molecule has 0 N–H and O–H groups in total. The molecule has 3 saturated carbocycles. The third-order valence-corrected chi connectivity index (χ3v) is 7.82. The Bertz CT molecular complexity index is 592. The molecule has 0 aromatic heterocycles. The molecule has 4 aliphatic rings. The molecule has 0 saturated heterocycles. The molecule has 3 nitrogen and oxygen atoms in total. The standard InChI is InChI=1S/C20H28O3/c1-19-8-7-14-18(15(19)10-13(11-19)23-3)16(21)9-12-5-4-6-17(22)20(12,14)2/h9,13-15,18H,4-8,10-11H2,1-3H3/t13?,14-,15+,18-,19-,20+/m1/s1. The maximum Gasteiger partial charge on any atom is 0.159 e. The van der Waals surface area contributed by atoms with Gasteiger partial charge in [-0.25, -0.2) is 0 Å². The van der Waals surface area contributed by atoms with Crippen molar-refractivity contribution in [1.29, 1.82) is 0 Å². The minimum Gasteiger partial charge on any atom is -0.381 e. The molecule has 0 spiro atoms. The molecule has 4 rings (SSSR count). The highest BCUT2D eigenvalue weighted by molar-refractivity contribution is 6.00. The minimum atomic E-state index is -0.372. The predicted molar refractivity (Wildman–Crippen MR) is 87.9 cm³/mol. The summed E-state index contributed by atoms with van der Waals surface area (Å²) >= 11 is 0. The number of carbonyl (C=O) groups excluding carboxylic acids is 2. The molecule has 6 atom stereocenters. The van der Waals surface area contributed by atoms with Crippen molar-refractivity contribution in [1.82, 2.24) is 0 Å². The van der Waals surface area contributed by atoms with Gasteiger partial charge in [0.05, 0.1) is 11.5 Å². The first kappa shape index (κ1) is 15.6. The van der Waals surface area contributed by atoms with Gasteiger partial charge in [-0.2, -0.15) is 0 Å². The second-order valence-corrected chi connectivity index (χ2v) is 8.78. The number of hydrogen-bond donors (Lipinski definition) is 0. The van der Waals surface area contributed by atoms with Crippen LogP contribution in [0, 0.1) is 28.6 Å². The first-order chi connectivity index (χ1) is 10.9. The number of Topliss-reactive ketones (excluding diaryl/α,β-unsaturated/α-hetero) is 1. The van der Waals surface area contributed by atoms with Crippen LogP contribution in [0.2, 0.25) is 0 Å². The van der Waals surface area contributed by atoms with Crippen molar-refractivity contribution in [3.8, 4) is 0 Å². The monoisotopic (exact) mass is 316 g/mol. The van der Waals surface area contributed by atoms with Crippen molar-refractivity contribution in [2.24, 2.45) is 28.6 Å². The molecule has 0 aromatic rings. The maximum atomic E-state index is 13.0. The van der Waals surface area contributed by atoms with E-state index in [0.717, 1.165) is 44.1 Å². The molecule has 0 heterocycles. The van der Waals surface area contributed by atoms with E-state index in [0.29, 0.717) is 23.9 Å². The maximum absolute atomic E-state index is 13.0. The highest BCUT2D eigenvalue weighted by Crippen LogP contribution is 2.63. The van der Waals surface area contributed by atoms with Crippen molar-refractivity contribution in [3.63, 3.8) is 0 Å². The van der Waals surface area contributed by atoms with Crippen LogP contribution in [0.4, 0.5) is 0 Å². The van der Waals surface area contributed by atoms with Gasteiger partial charge >= 0.3 is 0 Å². The van der Waals surface area contributed by atoms with Crippen molar-refractivity contribution < 1.29 is 14.3 Å². The number of hydrogen-bond acceptors (Lipinski definition) is 3. The van der Waals surface area contributed by atoms with E-state index in [-0.39, 0.29) is 28.8 Å². The van der Waals surface area contributed by atoms with E-state index in [2.05, 4.69) is 13.8 Å². The third kappa shape index (κ3) is 1.98. The van der Waals surface area contributed by atoms with Gasteiger partial charge in [0.1, 0.15) is 5.78 Å². The van der Waals surface area contributed by atoms with E-state index in [1.54, 1.807) is 7.11 Å². The lowest BCUT2D eigenvalue weighted by atomic mass is 9.47. The Morgan fingerprint density at radius 1 is 1.17 bits per heavy atom. The van der Waals surface area contributed by atoms with E-state index >= 15 is 0 Å². The number of ether oxygens (including phenoxy) is 1. The van der Waals surface area contributed by atoms with Crippen LogP contribution in [0.3, 0.4) is 0 Å². The summed E-state index contributed by atoms with van der Waals surface area (Å²) in [5.74, 6) is 1.30. The smallest absolute Gasteiger partial charge is 0.159 e. The van der Waals surface area contributed by atoms with Crippen LogP contribution in [0.15, 0.2) is 11.6 Å². The number of ketones is 2. The fraction of sp³-hybridized carbons (Fsp3) is 0.800. The Hall–Kier alpha value is -0.960. The Morgan fingerprint density at radius 3 is 2.70 bits per heavy atom. The van der Waals surface area contributed by atoms with Crippen LogP contribution in [0.5, 0.6) is 0 Å². The van der Waals surface area contributed by atoms with E-state index < -0.39 is 0 Å². The van der Waals surface area contributed by atoms with Gasteiger partial charge in [0, 0.05) is 19.4 Å². The molecule has 0 radical (unpaired) electrons. The zero-order valence-electron chi connectivity index (χ0n) is 14.6. The molecular formula is C20H28O3. The van der Waals surface area contributed by atoms with E-state index in [1.165, 1.54) is 0 Å². The van der Waals surface area contributed by atoms with E-state index in [9.17, 15) is 9.59 Å². The first-order valence-corrected chi connectivity index (χ1v) is 9.21. The Morgan fingerprint density at radius 2 is 1.96 bits per heavy atom. The fourth-order valence-corrected chi connectivity index (χ4v) is 6.43. The molecule has 0 bridgehead atoms. The lowest BCUT2D eigenvalue weighted by Gasteiger charge is -2.54. The van der Waals surface area contributed by atoms with Crippen LogP contribution in [0.1, 0.15) is 58.8 Å². The number of methoxy groups -OCH3 is 1. The molecule has 126 valence electrons. The topological polar surface area (TPSA) is 43.4 Å². The van der Waals surface area contributed by atoms with Gasteiger partial charge < -0.3 is 4.74 Å². The first-order valence-electron chi connectivity index (χ1n) is 9.21. The Labute approximate surface area is 138 Å². The molecule has 0 aromatic carbocycles. The summed E-state index contributed by atoms with van der Waals surface area (Å²) in [5.41, 5.74) is 0.963. The van der Waals surface area contributed by atoms with Crippen LogP contribution < -0.4 is 0 Å². The molecular weight excluding hydrogens is 288 g/mol. The highest BCUT2D eigenvalue weighted by atomic mass is 16.5. The largest absolute Gasteiger partial charge is 0.381 e. The summed E-state index contributed by atoms with van der Waals surface area (Å²) < 4.78 is 5.64. The van der Waals surface area contributed by atoms with Gasteiger partial charge in [-0.15, -0.1) is 0 Å². The zero-order valence-corrected chi connectivity index (χ0v) is 14.6. The average Bonchev–Trinajstić information content (AvgIpc) is 2.87.